The molecule has 7 heteroatoms. The molecule has 124 valence electrons. The molecule has 1 fully saturated rings. The van der Waals surface area contributed by atoms with Crippen molar-refractivity contribution in [3.63, 3.8) is 0 Å². The van der Waals surface area contributed by atoms with Crippen LogP contribution in [0.25, 0.3) is 0 Å². The number of nitrogens with zero attached hydrogens (tertiary/aromatic N) is 4. The lowest BCUT2D eigenvalue weighted by atomic mass is 10.2. The summed E-state index contributed by atoms with van der Waals surface area (Å²) in [6.07, 6.45) is 8.00. The standard InChI is InChI=1S/C14H28N4S2.ClH/c1-4-5-6-7-10-17-11-8-9-12-18(17)14-15-13(16(2)3)19-20-14;/h14H,4-12H2,1-3H3;1H. The number of halogens is 1. The highest BCUT2D eigenvalue weighted by molar-refractivity contribution is 8.82. The topological polar surface area (TPSA) is 22.1 Å². The molecule has 1 saturated heterocycles. The fourth-order valence-electron chi connectivity index (χ4n) is 2.58. The molecule has 0 bridgehead atoms. The molecule has 2 aliphatic rings. The van der Waals surface area contributed by atoms with Gasteiger partial charge in [0.15, 0.2) is 10.7 Å². The Hall–Kier alpha value is 0.380. The van der Waals surface area contributed by atoms with E-state index in [1.807, 2.05) is 21.6 Å². The van der Waals surface area contributed by atoms with Gasteiger partial charge in [0.25, 0.3) is 0 Å². The largest absolute Gasteiger partial charge is 0.357 e. The summed E-state index contributed by atoms with van der Waals surface area (Å²) in [6, 6.07) is 0. The van der Waals surface area contributed by atoms with Crippen LogP contribution in [0, 0.1) is 0 Å². The van der Waals surface area contributed by atoms with Crippen LogP contribution in [0.4, 0.5) is 0 Å². The first-order valence-electron chi connectivity index (χ1n) is 7.82. The van der Waals surface area contributed by atoms with E-state index < -0.39 is 0 Å². The SMILES string of the molecule is CCCCCCN1CCCCN1C1N=C(N(C)C)SS1.Cl. The fourth-order valence-corrected chi connectivity index (χ4v) is 5.11. The Morgan fingerprint density at radius 2 is 1.95 bits per heavy atom. The van der Waals surface area contributed by atoms with Gasteiger partial charge < -0.3 is 4.90 Å². The van der Waals surface area contributed by atoms with E-state index in [0.717, 1.165) is 11.7 Å². The second-order valence-electron chi connectivity index (χ2n) is 5.70. The molecule has 0 radical (unpaired) electrons. The first-order valence-corrected chi connectivity index (χ1v) is 10.0. The number of rotatable bonds is 6. The molecule has 1 unspecified atom stereocenters. The Labute approximate surface area is 143 Å². The quantitative estimate of drug-likeness (QED) is 0.532. The monoisotopic (exact) mass is 352 g/mol. The Morgan fingerprint density at radius 3 is 2.62 bits per heavy atom. The summed E-state index contributed by atoms with van der Waals surface area (Å²) in [4.78, 5) is 6.98. The second kappa shape index (κ2) is 10.2. The van der Waals surface area contributed by atoms with E-state index >= 15 is 0 Å². The van der Waals surface area contributed by atoms with Crippen molar-refractivity contribution in [3.05, 3.63) is 0 Å². The Balaban J connectivity index is 0.00000220. The lowest BCUT2D eigenvalue weighted by molar-refractivity contribution is -0.0581. The molecule has 0 spiro atoms. The maximum absolute atomic E-state index is 4.86. The maximum Gasteiger partial charge on any atom is 0.175 e. The van der Waals surface area contributed by atoms with Gasteiger partial charge in [-0.1, -0.05) is 26.2 Å². The minimum Gasteiger partial charge on any atom is -0.357 e. The first kappa shape index (κ1) is 19.4. The van der Waals surface area contributed by atoms with Crippen molar-refractivity contribution in [2.24, 2.45) is 4.99 Å². The molecule has 0 aliphatic carbocycles. The van der Waals surface area contributed by atoms with Crippen LogP contribution in [0.2, 0.25) is 0 Å². The van der Waals surface area contributed by atoms with Gasteiger partial charge in [-0.05, 0) is 40.9 Å². The van der Waals surface area contributed by atoms with Crippen LogP contribution < -0.4 is 0 Å². The van der Waals surface area contributed by atoms with Crippen LogP contribution in [0.5, 0.6) is 0 Å². The molecule has 0 amide bonds. The molecule has 0 aromatic carbocycles. The molecular weight excluding hydrogens is 324 g/mol. The van der Waals surface area contributed by atoms with Crippen LogP contribution in [0.3, 0.4) is 0 Å². The number of unbranched alkanes of at least 4 members (excludes halogenated alkanes) is 3. The van der Waals surface area contributed by atoms with Gasteiger partial charge in [-0.3, -0.25) is 0 Å². The summed E-state index contributed by atoms with van der Waals surface area (Å²) in [6.45, 7) is 5.85. The number of aliphatic imine (C=N–C) groups is 1. The number of hydrogen-bond donors (Lipinski definition) is 0. The summed E-state index contributed by atoms with van der Waals surface area (Å²) < 4.78 is 0. The van der Waals surface area contributed by atoms with Crippen LogP contribution in [0.15, 0.2) is 4.99 Å². The maximum atomic E-state index is 4.86. The molecule has 2 aliphatic heterocycles. The number of hydrogen-bond acceptors (Lipinski definition) is 6. The predicted octanol–water partition coefficient (Wildman–Crippen LogP) is 3.90. The van der Waals surface area contributed by atoms with Crippen molar-refractivity contribution in [1.82, 2.24) is 14.9 Å². The summed E-state index contributed by atoms with van der Waals surface area (Å²) in [5, 5.41) is 6.21. The van der Waals surface area contributed by atoms with Crippen molar-refractivity contribution < 1.29 is 0 Å². The average molecular weight is 353 g/mol. The van der Waals surface area contributed by atoms with Crippen LogP contribution >= 0.6 is 34.0 Å². The van der Waals surface area contributed by atoms with E-state index in [1.165, 1.54) is 51.6 Å². The van der Waals surface area contributed by atoms with Crippen molar-refractivity contribution in [2.75, 3.05) is 33.7 Å². The predicted molar refractivity (Wildman–Crippen MR) is 99.0 cm³/mol. The minimum atomic E-state index is 0. The average Bonchev–Trinajstić information content (AvgIpc) is 2.94. The zero-order valence-electron chi connectivity index (χ0n) is 13.5. The zero-order chi connectivity index (χ0) is 14.4. The van der Waals surface area contributed by atoms with E-state index in [0.29, 0.717) is 0 Å². The van der Waals surface area contributed by atoms with Crippen LogP contribution in [-0.2, 0) is 0 Å². The molecule has 21 heavy (non-hydrogen) atoms. The van der Waals surface area contributed by atoms with Gasteiger partial charge in [-0.2, -0.15) is 0 Å². The Bertz CT molecular complexity index is 328. The third-order valence-electron chi connectivity index (χ3n) is 3.75. The number of amidine groups is 1. The third kappa shape index (κ3) is 5.82. The van der Waals surface area contributed by atoms with Crippen molar-refractivity contribution in [1.29, 1.82) is 0 Å². The Kier molecular flexibility index (Phi) is 9.45. The number of hydrazine groups is 1. The highest BCUT2D eigenvalue weighted by Gasteiger charge is 2.31. The minimum absolute atomic E-state index is 0. The normalized spacial score (nSPS) is 23.8. The molecule has 0 aromatic heterocycles. The van der Waals surface area contributed by atoms with Crippen LogP contribution in [-0.4, -0.2) is 59.3 Å². The summed E-state index contributed by atoms with van der Waals surface area (Å²) in [5.41, 5.74) is 0.281. The molecule has 2 rings (SSSR count). The van der Waals surface area contributed by atoms with Crippen molar-refractivity contribution >= 4 is 39.2 Å². The fraction of sp³-hybridized carbons (Fsp3) is 0.929. The summed E-state index contributed by atoms with van der Waals surface area (Å²) in [7, 11) is 7.85. The third-order valence-corrected chi connectivity index (χ3v) is 6.24. The van der Waals surface area contributed by atoms with Gasteiger partial charge in [0.2, 0.25) is 0 Å². The zero-order valence-corrected chi connectivity index (χ0v) is 15.9. The molecule has 0 N–H and O–H groups in total. The Morgan fingerprint density at radius 1 is 1.19 bits per heavy atom. The van der Waals surface area contributed by atoms with Crippen molar-refractivity contribution in [2.45, 2.75) is 50.9 Å². The summed E-state index contributed by atoms with van der Waals surface area (Å²) >= 11 is 0. The molecule has 0 aromatic rings. The summed E-state index contributed by atoms with van der Waals surface area (Å²) in [5.74, 6) is 0. The van der Waals surface area contributed by atoms with E-state index in [9.17, 15) is 0 Å². The van der Waals surface area contributed by atoms with Gasteiger partial charge in [-0.15, -0.1) is 12.4 Å². The lowest BCUT2D eigenvalue weighted by Crippen LogP contribution is -2.50. The molecule has 1 atom stereocenters. The molecule has 0 saturated carbocycles. The first-order chi connectivity index (χ1) is 9.72. The van der Waals surface area contributed by atoms with E-state index in [1.54, 1.807) is 0 Å². The van der Waals surface area contributed by atoms with Crippen molar-refractivity contribution in [3.8, 4) is 0 Å². The van der Waals surface area contributed by atoms with E-state index in [4.69, 9.17) is 4.99 Å². The lowest BCUT2D eigenvalue weighted by Gasteiger charge is -2.40. The molecule has 2 heterocycles. The van der Waals surface area contributed by atoms with E-state index in [2.05, 4.69) is 35.9 Å². The smallest absolute Gasteiger partial charge is 0.175 e. The van der Waals surface area contributed by atoms with Crippen LogP contribution in [0.1, 0.15) is 45.4 Å². The van der Waals surface area contributed by atoms with Gasteiger partial charge in [0.05, 0.1) is 0 Å². The van der Waals surface area contributed by atoms with Gasteiger partial charge >= 0.3 is 0 Å². The highest BCUT2D eigenvalue weighted by atomic mass is 35.5. The molecule has 4 nitrogen and oxygen atoms in total. The highest BCUT2D eigenvalue weighted by Crippen LogP contribution is 2.39. The van der Waals surface area contributed by atoms with E-state index in [-0.39, 0.29) is 17.9 Å². The van der Waals surface area contributed by atoms with Gasteiger partial charge in [-0.25, -0.2) is 15.0 Å². The second-order valence-corrected chi connectivity index (χ2v) is 7.92. The molecular formula is C14H29ClN4S2. The van der Waals surface area contributed by atoms with Gasteiger partial charge in [0, 0.05) is 33.7 Å². The van der Waals surface area contributed by atoms with Gasteiger partial charge in [0.1, 0.15) is 0 Å².